The zero-order chi connectivity index (χ0) is 10.8. The predicted molar refractivity (Wildman–Crippen MR) is 53.5 cm³/mol. The van der Waals surface area contributed by atoms with Crippen molar-refractivity contribution in [1.29, 1.82) is 0 Å². The Morgan fingerprint density at radius 1 is 1.40 bits per heavy atom. The van der Waals surface area contributed by atoms with Crippen molar-refractivity contribution in [3.63, 3.8) is 0 Å². The molecule has 0 atom stereocenters. The Hall–Kier alpha value is -2.17. The van der Waals surface area contributed by atoms with Crippen LogP contribution in [-0.4, -0.2) is 26.3 Å². The summed E-state index contributed by atoms with van der Waals surface area (Å²) >= 11 is 0. The first-order valence-electron chi connectivity index (χ1n) is 4.37. The van der Waals surface area contributed by atoms with E-state index in [1.54, 1.807) is 12.3 Å². The van der Waals surface area contributed by atoms with E-state index in [0.29, 0.717) is 11.3 Å². The molecule has 0 aliphatic carbocycles. The summed E-state index contributed by atoms with van der Waals surface area (Å²) in [6, 6.07) is 3.38. The first-order valence-corrected chi connectivity index (χ1v) is 4.37. The largest absolute Gasteiger partial charge is 0.478 e. The molecule has 2 aromatic rings. The molecule has 0 aliphatic heterocycles. The molecule has 0 amide bonds. The third kappa shape index (κ3) is 1.85. The van der Waals surface area contributed by atoms with Crippen molar-refractivity contribution in [2.24, 2.45) is 0 Å². The number of hydrogen-bond acceptors (Lipinski definition) is 3. The number of carboxylic acid groups (broad SMARTS) is 1. The smallest absolute Gasteiger partial charge is 0.337 e. The summed E-state index contributed by atoms with van der Waals surface area (Å²) in [7, 11) is 0. The first-order chi connectivity index (χ1) is 7.16. The molecule has 76 valence electrons. The summed E-state index contributed by atoms with van der Waals surface area (Å²) < 4.78 is 0. The quantitative estimate of drug-likeness (QED) is 0.774. The van der Waals surface area contributed by atoms with E-state index < -0.39 is 5.97 Å². The Bertz CT molecular complexity index is 505. The van der Waals surface area contributed by atoms with Crippen molar-refractivity contribution in [2.45, 2.75) is 6.92 Å². The van der Waals surface area contributed by atoms with Crippen LogP contribution in [0.25, 0.3) is 11.3 Å². The van der Waals surface area contributed by atoms with E-state index in [9.17, 15) is 4.79 Å². The van der Waals surface area contributed by atoms with E-state index in [-0.39, 0.29) is 5.56 Å². The normalized spacial score (nSPS) is 10.2. The van der Waals surface area contributed by atoms with Crippen LogP contribution in [0.3, 0.4) is 0 Å². The number of nitrogens with one attached hydrogen (secondary N) is 1. The minimum absolute atomic E-state index is 0.160. The minimum atomic E-state index is -0.989. The number of rotatable bonds is 2. The summed E-state index contributed by atoms with van der Waals surface area (Å²) in [6.07, 6.45) is 2.90. The first kappa shape index (κ1) is 9.39. The number of pyridine rings is 1. The summed E-state index contributed by atoms with van der Waals surface area (Å²) in [5.41, 5.74) is 2.47. The van der Waals surface area contributed by atoms with Crippen LogP contribution in [0.5, 0.6) is 0 Å². The number of H-pyrrole nitrogens is 1. The van der Waals surface area contributed by atoms with Gasteiger partial charge in [-0.15, -0.1) is 0 Å². The van der Waals surface area contributed by atoms with Gasteiger partial charge in [-0.25, -0.2) is 4.79 Å². The molecule has 0 spiro atoms. The SMILES string of the molecule is Cc1cc(-c2cncc(C(=O)O)c2)n[nH]1. The molecule has 0 fully saturated rings. The topological polar surface area (TPSA) is 78.9 Å². The van der Waals surface area contributed by atoms with E-state index in [1.165, 1.54) is 6.20 Å². The van der Waals surface area contributed by atoms with Crippen molar-refractivity contribution in [3.8, 4) is 11.3 Å². The molecule has 0 unspecified atom stereocenters. The molecule has 0 radical (unpaired) electrons. The van der Waals surface area contributed by atoms with Crippen molar-refractivity contribution in [1.82, 2.24) is 15.2 Å². The van der Waals surface area contributed by atoms with Gasteiger partial charge in [-0.3, -0.25) is 10.1 Å². The summed E-state index contributed by atoms with van der Waals surface area (Å²) in [5, 5.41) is 15.6. The highest BCUT2D eigenvalue weighted by molar-refractivity contribution is 5.88. The van der Waals surface area contributed by atoms with Crippen LogP contribution in [0.1, 0.15) is 16.1 Å². The lowest BCUT2D eigenvalue weighted by atomic mass is 10.1. The third-order valence-electron chi connectivity index (χ3n) is 1.99. The number of carboxylic acids is 1. The van der Waals surface area contributed by atoms with Crippen molar-refractivity contribution < 1.29 is 9.90 Å². The zero-order valence-electron chi connectivity index (χ0n) is 8.06. The molecule has 2 aromatic heterocycles. The van der Waals surface area contributed by atoms with Crippen molar-refractivity contribution in [3.05, 3.63) is 35.8 Å². The second-order valence-corrected chi connectivity index (χ2v) is 3.20. The highest BCUT2D eigenvalue weighted by Crippen LogP contribution is 2.17. The number of nitrogens with zero attached hydrogens (tertiary/aromatic N) is 2. The summed E-state index contributed by atoms with van der Waals surface area (Å²) in [4.78, 5) is 14.6. The van der Waals surface area contributed by atoms with Gasteiger partial charge >= 0.3 is 5.97 Å². The zero-order valence-corrected chi connectivity index (χ0v) is 8.06. The molecule has 2 rings (SSSR count). The number of hydrogen-bond donors (Lipinski definition) is 2. The number of aryl methyl sites for hydroxylation is 1. The number of aromatic amines is 1. The van der Waals surface area contributed by atoms with Gasteiger partial charge in [0.1, 0.15) is 0 Å². The van der Waals surface area contributed by atoms with Gasteiger partial charge in [0.15, 0.2) is 0 Å². The summed E-state index contributed by atoms with van der Waals surface area (Å²) in [6.45, 7) is 1.88. The number of aromatic nitrogens is 3. The molecule has 5 nitrogen and oxygen atoms in total. The van der Waals surface area contributed by atoms with E-state index in [4.69, 9.17) is 5.11 Å². The van der Waals surface area contributed by atoms with Crippen molar-refractivity contribution in [2.75, 3.05) is 0 Å². The molecule has 5 heteroatoms. The highest BCUT2D eigenvalue weighted by Gasteiger charge is 2.07. The molecule has 15 heavy (non-hydrogen) atoms. The molecule has 0 bridgehead atoms. The lowest BCUT2D eigenvalue weighted by Crippen LogP contribution is -1.97. The highest BCUT2D eigenvalue weighted by atomic mass is 16.4. The maximum Gasteiger partial charge on any atom is 0.337 e. The standard InChI is InChI=1S/C10H9N3O2/c1-6-2-9(13-12-6)7-3-8(10(14)15)5-11-4-7/h2-5H,1H3,(H,12,13)(H,14,15). The molecule has 0 aromatic carbocycles. The van der Waals surface area contributed by atoms with Gasteiger partial charge in [-0.1, -0.05) is 0 Å². The van der Waals surface area contributed by atoms with Crippen LogP contribution in [0.2, 0.25) is 0 Å². The van der Waals surface area contributed by atoms with Crippen LogP contribution in [0.4, 0.5) is 0 Å². The Morgan fingerprint density at radius 2 is 2.20 bits per heavy atom. The monoisotopic (exact) mass is 203 g/mol. The Kier molecular flexibility index (Phi) is 2.21. The maximum absolute atomic E-state index is 10.7. The lowest BCUT2D eigenvalue weighted by Gasteiger charge is -1.97. The summed E-state index contributed by atoms with van der Waals surface area (Å²) in [5.74, 6) is -0.989. The van der Waals surface area contributed by atoms with Crippen LogP contribution in [0.15, 0.2) is 24.5 Å². The van der Waals surface area contributed by atoms with Gasteiger partial charge in [0, 0.05) is 23.7 Å². The predicted octanol–water partition coefficient (Wildman–Crippen LogP) is 1.48. The van der Waals surface area contributed by atoms with Crippen molar-refractivity contribution >= 4 is 5.97 Å². The maximum atomic E-state index is 10.7. The third-order valence-corrected chi connectivity index (χ3v) is 1.99. The van der Waals surface area contributed by atoms with Gasteiger partial charge < -0.3 is 5.11 Å². The average molecular weight is 203 g/mol. The van der Waals surface area contributed by atoms with Crippen LogP contribution >= 0.6 is 0 Å². The van der Waals surface area contributed by atoms with E-state index in [2.05, 4.69) is 15.2 Å². The second-order valence-electron chi connectivity index (χ2n) is 3.20. The Morgan fingerprint density at radius 3 is 2.80 bits per heavy atom. The van der Waals surface area contributed by atoms with Gasteiger partial charge in [-0.2, -0.15) is 5.10 Å². The molecular formula is C10H9N3O2. The van der Waals surface area contributed by atoms with Crippen LogP contribution in [-0.2, 0) is 0 Å². The van der Waals surface area contributed by atoms with E-state index >= 15 is 0 Å². The fourth-order valence-corrected chi connectivity index (χ4v) is 1.26. The van der Waals surface area contributed by atoms with E-state index in [0.717, 1.165) is 5.69 Å². The Labute approximate surface area is 85.8 Å². The molecule has 0 aliphatic rings. The lowest BCUT2D eigenvalue weighted by molar-refractivity contribution is 0.0696. The Balaban J connectivity index is 2.45. The van der Waals surface area contributed by atoms with E-state index in [1.807, 2.05) is 13.0 Å². The van der Waals surface area contributed by atoms with Gasteiger partial charge in [-0.05, 0) is 19.1 Å². The second kappa shape index (κ2) is 3.53. The number of carbonyl (C=O) groups is 1. The van der Waals surface area contributed by atoms with Crippen LogP contribution in [0, 0.1) is 6.92 Å². The molecule has 0 saturated heterocycles. The van der Waals surface area contributed by atoms with Gasteiger partial charge in [0.05, 0.1) is 11.3 Å². The molecule has 2 N–H and O–H groups in total. The van der Waals surface area contributed by atoms with Gasteiger partial charge in [0.25, 0.3) is 0 Å². The average Bonchev–Trinajstić information content (AvgIpc) is 2.65. The molecule has 0 saturated carbocycles. The van der Waals surface area contributed by atoms with Gasteiger partial charge in [0.2, 0.25) is 0 Å². The fraction of sp³-hybridized carbons (Fsp3) is 0.100. The minimum Gasteiger partial charge on any atom is -0.478 e. The molecule has 2 heterocycles. The number of aromatic carboxylic acids is 1. The molecular weight excluding hydrogens is 194 g/mol. The fourth-order valence-electron chi connectivity index (χ4n) is 1.26. The van der Waals surface area contributed by atoms with Crippen LogP contribution < -0.4 is 0 Å².